The van der Waals surface area contributed by atoms with Crippen LogP contribution in [0.2, 0.25) is 0 Å². The molecule has 0 bridgehead atoms. The van der Waals surface area contributed by atoms with Crippen LogP contribution >= 0.6 is 7.60 Å². The Hall–Kier alpha value is -0.420. The molecule has 1 saturated heterocycles. The predicted molar refractivity (Wildman–Crippen MR) is 53.6 cm³/mol. The van der Waals surface area contributed by atoms with Gasteiger partial charge in [0, 0.05) is 0 Å². The fraction of sp³-hybridized carbons (Fsp3) is 0.875. The van der Waals surface area contributed by atoms with E-state index in [1.807, 2.05) is 0 Å². The van der Waals surface area contributed by atoms with E-state index in [0.717, 1.165) is 0 Å². The molecule has 6 nitrogen and oxygen atoms in total. The van der Waals surface area contributed by atoms with Crippen LogP contribution in [0.4, 0.5) is 0 Å². The lowest BCUT2D eigenvalue weighted by Gasteiger charge is -2.34. The van der Waals surface area contributed by atoms with Gasteiger partial charge < -0.3 is 20.2 Å². The summed E-state index contributed by atoms with van der Waals surface area (Å²) in [5.41, 5.74) is 0. The van der Waals surface area contributed by atoms with Crippen molar-refractivity contribution >= 4 is 13.6 Å². The second-order valence-corrected chi connectivity index (χ2v) is 5.72. The summed E-state index contributed by atoms with van der Waals surface area (Å²) in [4.78, 5) is 28.5. The fourth-order valence-corrected chi connectivity index (χ4v) is 3.15. The second-order valence-electron chi connectivity index (χ2n) is 4.03. The van der Waals surface area contributed by atoms with Gasteiger partial charge in [0.15, 0.2) is 0 Å². The zero-order valence-electron chi connectivity index (χ0n) is 8.46. The van der Waals surface area contributed by atoms with Gasteiger partial charge in [0.05, 0.1) is 6.16 Å². The highest BCUT2D eigenvalue weighted by Gasteiger charge is 2.37. The number of aliphatic carboxylic acids is 1. The normalized spacial score (nSPS) is 32.6. The second kappa shape index (κ2) is 4.61. The molecule has 1 aliphatic rings. The van der Waals surface area contributed by atoms with Crippen molar-refractivity contribution in [2.75, 3.05) is 12.7 Å². The minimum absolute atomic E-state index is 0.223. The quantitative estimate of drug-likeness (QED) is 0.509. The average molecular weight is 237 g/mol. The maximum atomic E-state index is 10.8. The summed E-state index contributed by atoms with van der Waals surface area (Å²) in [7, 11) is -4.05. The van der Waals surface area contributed by atoms with E-state index >= 15 is 0 Å². The molecule has 0 amide bonds. The first-order valence-electron chi connectivity index (χ1n) is 4.82. The lowest BCUT2D eigenvalue weighted by Crippen LogP contribution is -2.50. The monoisotopic (exact) mass is 237 g/mol. The van der Waals surface area contributed by atoms with E-state index in [1.165, 1.54) is 0 Å². The van der Waals surface area contributed by atoms with E-state index in [4.69, 9.17) is 14.9 Å². The van der Waals surface area contributed by atoms with Gasteiger partial charge in [0.2, 0.25) is 0 Å². The van der Waals surface area contributed by atoms with Crippen molar-refractivity contribution in [1.82, 2.24) is 5.32 Å². The number of piperidine rings is 1. The number of nitrogens with one attached hydrogen (secondary N) is 1. The third-order valence-electron chi connectivity index (χ3n) is 2.89. The third kappa shape index (κ3) is 3.57. The van der Waals surface area contributed by atoms with Crippen molar-refractivity contribution in [3.8, 4) is 0 Å². The molecular formula is C8H16NO5P. The molecule has 1 rings (SSSR count). The highest BCUT2D eigenvalue weighted by molar-refractivity contribution is 7.51. The van der Waals surface area contributed by atoms with Crippen LogP contribution in [0.1, 0.15) is 13.3 Å². The molecule has 0 radical (unpaired) electrons. The molecule has 1 fully saturated rings. The van der Waals surface area contributed by atoms with Gasteiger partial charge >= 0.3 is 13.6 Å². The third-order valence-corrected chi connectivity index (χ3v) is 3.83. The SMILES string of the molecule is C[C@H]1[C@@H](CP(=O)(O)O)CCN[C@H]1C(=O)O. The minimum Gasteiger partial charge on any atom is -0.480 e. The molecule has 0 unspecified atom stereocenters. The average Bonchev–Trinajstić information content (AvgIpc) is 2.05. The van der Waals surface area contributed by atoms with E-state index in [-0.39, 0.29) is 18.0 Å². The Kier molecular flexibility index (Phi) is 3.89. The van der Waals surface area contributed by atoms with Crippen LogP contribution in [0.25, 0.3) is 0 Å². The molecule has 3 atom stereocenters. The molecule has 1 aliphatic heterocycles. The summed E-state index contributed by atoms with van der Waals surface area (Å²) in [6.07, 6.45) is 0.385. The maximum Gasteiger partial charge on any atom is 0.325 e. The number of hydrogen-bond acceptors (Lipinski definition) is 3. The lowest BCUT2D eigenvalue weighted by molar-refractivity contribution is -0.142. The first-order chi connectivity index (χ1) is 6.81. The zero-order valence-corrected chi connectivity index (χ0v) is 9.35. The van der Waals surface area contributed by atoms with Crippen LogP contribution in [-0.4, -0.2) is 39.6 Å². The smallest absolute Gasteiger partial charge is 0.325 e. The fourth-order valence-electron chi connectivity index (χ4n) is 2.02. The Labute approximate surface area is 87.8 Å². The summed E-state index contributed by atoms with van der Waals surface area (Å²) >= 11 is 0. The first kappa shape index (κ1) is 12.6. The van der Waals surface area contributed by atoms with Gasteiger partial charge in [0.25, 0.3) is 0 Å². The van der Waals surface area contributed by atoms with Crippen LogP contribution in [0, 0.1) is 11.8 Å². The number of carbonyl (C=O) groups is 1. The Morgan fingerprint density at radius 3 is 2.60 bits per heavy atom. The summed E-state index contributed by atoms with van der Waals surface area (Å²) in [6.45, 7) is 2.21. The van der Waals surface area contributed by atoms with Gasteiger partial charge in [-0.25, -0.2) is 0 Å². The van der Waals surface area contributed by atoms with Crippen molar-refractivity contribution in [3.05, 3.63) is 0 Å². The molecule has 15 heavy (non-hydrogen) atoms. The van der Waals surface area contributed by atoms with Gasteiger partial charge in [0.1, 0.15) is 6.04 Å². The van der Waals surface area contributed by atoms with Gasteiger partial charge in [-0.1, -0.05) is 6.92 Å². The van der Waals surface area contributed by atoms with Crippen molar-refractivity contribution in [3.63, 3.8) is 0 Å². The maximum absolute atomic E-state index is 10.8. The van der Waals surface area contributed by atoms with Crippen molar-refractivity contribution in [2.45, 2.75) is 19.4 Å². The minimum atomic E-state index is -4.05. The molecular weight excluding hydrogens is 221 g/mol. The number of carboxylic acids is 1. The molecule has 7 heteroatoms. The molecule has 0 aromatic carbocycles. The molecule has 0 aromatic heterocycles. The highest BCUT2D eigenvalue weighted by Crippen LogP contribution is 2.41. The Morgan fingerprint density at radius 1 is 1.53 bits per heavy atom. The van der Waals surface area contributed by atoms with Gasteiger partial charge in [-0.2, -0.15) is 0 Å². The molecule has 0 aliphatic carbocycles. The van der Waals surface area contributed by atoms with Crippen molar-refractivity contribution in [2.24, 2.45) is 11.8 Å². The summed E-state index contributed by atoms with van der Waals surface area (Å²) in [6, 6.07) is -0.699. The van der Waals surface area contributed by atoms with E-state index in [1.54, 1.807) is 6.92 Å². The Bertz CT molecular complexity index is 289. The van der Waals surface area contributed by atoms with E-state index in [9.17, 15) is 9.36 Å². The van der Waals surface area contributed by atoms with Crippen molar-refractivity contribution < 1.29 is 24.3 Å². The standard InChI is InChI=1S/C8H16NO5P/c1-5-6(4-15(12,13)14)2-3-9-7(5)8(10)11/h5-7,9H,2-4H2,1H3,(H,10,11)(H2,12,13,14)/t5-,6+,7+/m0/s1. The van der Waals surface area contributed by atoms with Crippen molar-refractivity contribution in [1.29, 1.82) is 0 Å². The van der Waals surface area contributed by atoms with E-state index < -0.39 is 19.6 Å². The highest BCUT2D eigenvalue weighted by atomic mass is 31.2. The zero-order chi connectivity index (χ0) is 11.6. The van der Waals surface area contributed by atoms with Gasteiger partial charge in [-0.3, -0.25) is 9.36 Å². The topological polar surface area (TPSA) is 107 Å². The van der Waals surface area contributed by atoms with Gasteiger partial charge in [-0.15, -0.1) is 0 Å². The predicted octanol–water partition coefficient (Wildman–Crippen LogP) is -0.137. The van der Waals surface area contributed by atoms with Gasteiger partial charge in [-0.05, 0) is 24.8 Å². The van der Waals surface area contributed by atoms with Crippen LogP contribution in [0.15, 0.2) is 0 Å². The van der Waals surface area contributed by atoms with Crippen LogP contribution < -0.4 is 5.32 Å². The number of carboxylic acid groups (broad SMARTS) is 1. The van der Waals surface area contributed by atoms with Crippen LogP contribution in [-0.2, 0) is 9.36 Å². The lowest BCUT2D eigenvalue weighted by atomic mass is 9.83. The Balaban J connectivity index is 2.66. The summed E-state index contributed by atoms with van der Waals surface area (Å²) < 4.78 is 10.8. The molecule has 1 heterocycles. The molecule has 0 saturated carbocycles. The van der Waals surface area contributed by atoms with Crippen LogP contribution in [0.5, 0.6) is 0 Å². The molecule has 0 aromatic rings. The first-order valence-corrected chi connectivity index (χ1v) is 6.62. The summed E-state index contributed by atoms with van der Waals surface area (Å²) in [5.74, 6) is -1.45. The Morgan fingerprint density at radius 2 is 2.13 bits per heavy atom. The number of hydrogen-bond donors (Lipinski definition) is 4. The summed E-state index contributed by atoms with van der Waals surface area (Å²) in [5, 5.41) is 11.7. The molecule has 0 spiro atoms. The van der Waals surface area contributed by atoms with Crippen LogP contribution in [0.3, 0.4) is 0 Å². The molecule has 88 valence electrons. The number of rotatable bonds is 3. The largest absolute Gasteiger partial charge is 0.480 e. The molecule has 4 N–H and O–H groups in total. The van der Waals surface area contributed by atoms with E-state index in [2.05, 4.69) is 5.32 Å². The van der Waals surface area contributed by atoms with E-state index in [0.29, 0.717) is 13.0 Å².